The number of pyridine rings is 1. The van der Waals surface area contributed by atoms with Crippen molar-refractivity contribution in [2.45, 2.75) is 12.8 Å². The van der Waals surface area contributed by atoms with Crippen LogP contribution in [0.1, 0.15) is 23.1 Å². The van der Waals surface area contributed by atoms with Gasteiger partial charge in [0.15, 0.2) is 0 Å². The quantitative estimate of drug-likeness (QED) is 0.778. The standard InChI is InChI=1S/C16H13N3O/c17-10-14-6-1-7-16(15(14)11-18)20-9-3-5-13-4-2-8-19-12-13/h1-2,4,6-8,12H,3,5,9H2. The Morgan fingerprint density at radius 1 is 1.10 bits per heavy atom. The molecule has 0 aliphatic heterocycles. The summed E-state index contributed by atoms with van der Waals surface area (Å²) in [6.45, 7) is 0.498. The summed E-state index contributed by atoms with van der Waals surface area (Å²) >= 11 is 0. The highest BCUT2D eigenvalue weighted by molar-refractivity contribution is 5.53. The van der Waals surface area contributed by atoms with E-state index in [1.54, 1.807) is 24.4 Å². The highest BCUT2D eigenvalue weighted by Crippen LogP contribution is 2.21. The van der Waals surface area contributed by atoms with Gasteiger partial charge in [0.2, 0.25) is 0 Å². The van der Waals surface area contributed by atoms with Crippen LogP contribution in [0.15, 0.2) is 42.7 Å². The largest absolute Gasteiger partial charge is 0.492 e. The number of nitriles is 2. The number of nitrogens with zero attached hydrogens (tertiary/aromatic N) is 3. The van der Waals surface area contributed by atoms with Gasteiger partial charge in [0.25, 0.3) is 0 Å². The van der Waals surface area contributed by atoms with Crippen molar-refractivity contribution in [3.05, 3.63) is 59.4 Å². The minimum Gasteiger partial charge on any atom is -0.492 e. The molecule has 2 rings (SSSR count). The maximum Gasteiger partial charge on any atom is 0.138 e. The van der Waals surface area contributed by atoms with Crippen molar-refractivity contribution in [2.75, 3.05) is 6.61 Å². The van der Waals surface area contributed by atoms with Crippen molar-refractivity contribution in [1.29, 1.82) is 10.5 Å². The first-order valence-electron chi connectivity index (χ1n) is 6.30. The topological polar surface area (TPSA) is 69.7 Å². The van der Waals surface area contributed by atoms with Gasteiger partial charge in [-0.15, -0.1) is 0 Å². The first kappa shape index (κ1) is 13.6. The van der Waals surface area contributed by atoms with Gasteiger partial charge in [-0.1, -0.05) is 12.1 Å². The number of hydrogen-bond acceptors (Lipinski definition) is 4. The fourth-order valence-corrected chi connectivity index (χ4v) is 1.86. The van der Waals surface area contributed by atoms with E-state index in [9.17, 15) is 0 Å². The molecule has 0 saturated carbocycles. The zero-order valence-electron chi connectivity index (χ0n) is 10.9. The maximum absolute atomic E-state index is 9.08. The van der Waals surface area contributed by atoms with E-state index < -0.39 is 0 Å². The van der Waals surface area contributed by atoms with E-state index in [1.165, 1.54) is 0 Å². The molecule has 0 fully saturated rings. The molecular weight excluding hydrogens is 250 g/mol. The highest BCUT2D eigenvalue weighted by Gasteiger charge is 2.08. The third-order valence-corrected chi connectivity index (χ3v) is 2.85. The lowest BCUT2D eigenvalue weighted by atomic mass is 10.1. The van der Waals surface area contributed by atoms with Gasteiger partial charge in [0, 0.05) is 12.4 Å². The molecule has 0 amide bonds. The van der Waals surface area contributed by atoms with Gasteiger partial charge in [-0.2, -0.15) is 10.5 Å². The second-order valence-corrected chi connectivity index (χ2v) is 4.22. The minimum atomic E-state index is 0.302. The van der Waals surface area contributed by atoms with Crippen LogP contribution in [-0.4, -0.2) is 11.6 Å². The summed E-state index contributed by atoms with van der Waals surface area (Å²) in [6.07, 6.45) is 5.27. The van der Waals surface area contributed by atoms with Gasteiger partial charge in [0.1, 0.15) is 23.5 Å². The Bertz CT molecular complexity index is 654. The van der Waals surface area contributed by atoms with Crippen LogP contribution >= 0.6 is 0 Å². The normalized spacial score (nSPS) is 9.50. The van der Waals surface area contributed by atoms with Crippen LogP contribution in [0.25, 0.3) is 0 Å². The number of rotatable bonds is 5. The third-order valence-electron chi connectivity index (χ3n) is 2.85. The van der Waals surface area contributed by atoms with Crippen LogP contribution in [0.2, 0.25) is 0 Å². The molecule has 0 saturated heterocycles. The van der Waals surface area contributed by atoms with Crippen molar-refractivity contribution in [2.24, 2.45) is 0 Å². The second kappa shape index (κ2) is 6.92. The molecule has 0 bridgehead atoms. The van der Waals surface area contributed by atoms with E-state index in [2.05, 4.69) is 4.98 Å². The van der Waals surface area contributed by atoms with Gasteiger partial charge in [0.05, 0.1) is 12.2 Å². The van der Waals surface area contributed by atoms with Crippen LogP contribution in [-0.2, 0) is 6.42 Å². The number of ether oxygens (including phenoxy) is 1. The molecule has 0 radical (unpaired) electrons. The molecule has 20 heavy (non-hydrogen) atoms. The van der Waals surface area contributed by atoms with Crippen molar-refractivity contribution in [3.63, 3.8) is 0 Å². The SMILES string of the molecule is N#Cc1cccc(OCCCc2cccnc2)c1C#N. The Labute approximate surface area is 117 Å². The van der Waals surface area contributed by atoms with Crippen LogP contribution < -0.4 is 4.74 Å². The summed E-state index contributed by atoms with van der Waals surface area (Å²) < 4.78 is 5.60. The number of aryl methyl sites for hydroxylation is 1. The van der Waals surface area contributed by atoms with Crippen molar-refractivity contribution in [3.8, 4) is 17.9 Å². The molecule has 0 aliphatic rings. The Morgan fingerprint density at radius 3 is 2.70 bits per heavy atom. The van der Waals surface area contributed by atoms with Crippen molar-refractivity contribution < 1.29 is 4.74 Å². The molecule has 1 heterocycles. The van der Waals surface area contributed by atoms with E-state index in [4.69, 9.17) is 15.3 Å². The summed E-state index contributed by atoms with van der Waals surface area (Å²) in [4.78, 5) is 4.05. The molecule has 0 spiro atoms. The fourth-order valence-electron chi connectivity index (χ4n) is 1.86. The molecule has 0 N–H and O–H groups in total. The van der Waals surface area contributed by atoms with Crippen LogP contribution in [0, 0.1) is 22.7 Å². The Balaban J connectivity index is 1.92. The maximum atomic E-state index is 9.08. The third kappa shape index (κ3) is 3.34. The molecule has 2 aromatic rings. The predicted molar refractivity (Wildman–Crippen MR) is 73.9 cm³/mol. The first-order valence-corrected chi connectivity index (χ1v) is 6.30. The molecule has 98 valence electrons. The lowest BCUT2D eigenvalue weighted by Crippen LogP contribution is -2.02. The van der Waals surface area contributed by atoms with Crippen molar-refractivity contribution in [1.82, 2.24) is 4.98 Å². The van der Waals surface area contributed by atoms with Crippen LogP contribution in [0.4, 0.5) is 0 Å². The average molecular weight is 263 g/mol. The molecule has 0 atom stereocenters. The van der Waals surface area contributed by atoms with Crippen LogP contribution in [0.3, 0.4) is 0 Å². The molecule has 0 aliphatic carbocycles. The molecule has 4 heteroatoms. The van der Waals surface area contributed by atoms with E-state index in [0.717, 1.165) is 18.4 Å². The van der Waals surface area contributed by atoms with Gasteiger partial charge >= 0.3 is 0 Å². The van der Waals surface area contributed by atoms with Gasteiger partial charge in [-0.05, 0) is 36.6 Å². The van der Waals surface area contributed by atoms with Crippen molar-refractivity contribution >= 4 is 0 Å². The molecule has 1 aromatic heterocycles. The van der Waals surface area contributed by atoms with Crippen LogP contribution in [0.5, 0.6) is 5.75 Å². The number of hydrogen-bond donors (Lipinski definition) is 0. The van der Waals surface area contributed by atoms with Gasteiger partial charge in [-0.3, -0.25) is 4.98 Å². The zero-order chi connectivity index (χ0) is 14.2. The van der Waals surface area contributed by atoms with E-state index >= 15 is 0 Å². The summed E-state index contributed by atoms with van der Waals surface area (Å²) in [7, 11) is 0. The highest BCUT2D eigenvalue weighted by atomic mass is 16.5. The first-order chi connectivity index (χ1) is 9.85. The minimum absolute atomic E-state index is 0.302. The summed E-state index contributed by atoms with van der Waals surface area (Å²) in [6, 6.07) is 13.0. The molecule has 0 unspecified atom stereocenters. The number of benzene rings is 1. The zero-order valence-corrected chi connectivity index (χ0v) is 10.9. The van der Waals surface area contributed by atoms with E-state index in [1.807, 2.05) is 30.5 Å². The lowest BCUT2D eigenvalue weighted by molar-refractivity contribution is 0.310. The monoisotopic (exact) mass is 263 g/mol. The molecule has 1 aromatic carbocycles. The number of aromatic nitrogens is 1. The van der Waals surface area contributed by atoms with Gasteiger partial charge in [-0.25, -0.2) is 0 Å². The van der Waals surface area contributed by atoms with E-state index in [0.29, 0.717) is 23.5 Å². The average Bonchev–Trinajstić information content (AvgIpc) is 2.52. The smallest absolute Gasteiger partial charge is 0.138 e. The fraction of sp³-hybridized carbons (Fsp3) is 0.188. The second-order valence-electron chi connectivity index (χ2n) is 4.22. The Morgan fingerprint density at radius 2 is 2.00 bits per heavy atom. The summed E-state index contributed by atoms with van der Waals surface area (Å²) in [5, 5.41) is 18.0. The molecular formula is C16H13N3O. The van der Waals surface area contributed by atoms with E-state index in [-0.39, 0.29) is 0 Å². The molecule has 4 nitrogen and oxygen atoms in total. The summed E-state index contributed by atoms with van der Waals surface area (Å²) in [5.74, 6) is 0.470. The summed E-state index contributed by atoms with van der Waals surface area (Å²) in [5.41, 5.74) is 1.80. The predicted octanol–water partition coefficient (Wildman–Crippen LogP) is 2.84. The Kier molecular flexibility index (Phi) is 4.70. The lowest BCUT2D eigenvalue weighted by Gasteiger charge is -2.08. The Hall–Kier alpha value is -2.85. The van der Waals surface area contributed by atoms with Gasteiger partial charge < -0.3 is 4.74 Å².